The molecule has 0 saturated carbocycles. The molecule has 12 N–H and O–H groups in total. The molecule has 0 fully saturated rings. The summed E-state index contributed by atoms with van der Waals surface area (Å²) in [7, 11) is -4.80. The molecule has 0 bridgehead atoms. The van der Waals surface area contributed by atoms with Crippen LogP contribution < -0.4 is 16.4 Å². The molecular formula is C16H30N3O15PS. The van der Waals surface area contributed by atoms with Gasteiger partial charge in [-0.2, -0.15) is 12.6 Å². The predicted octanol–water partition coefficient (Wildman–Crippen LogP) is -5.47. The summed E-state index contributed by atoms with van der Waals surface area (Å²) in [6.45, 7) is -1.53. The van der Waals surface area contributed by atoms with Crippen molar-refractivity contribution in [1.29, 1.82) is 0 Å². The van der Waals surface area contributed by atoms with Crippen LogP contribution in [0.4, 0.5) is 0 Å². The highest BCUT2D eigenvalue weighted by Crippen LogP contribution is 2.35. The molecule has 0 aromatic carbocycles. The van der Waals surface area contributed by atoms with E-state index in [9.17, 15) is 28.5 Å². The van der Waals surface area contributed by atoms with Gasteiger partial charge in [-0.15, -0.1) is 0 Å². The van der Waals surface area contributed by atoms with Crippen molar-refractivity contribution < 1.29 is 73.5 Å². The summed E-state index contributed by atoms with van der Waals surface area (Å²) in [6.07, 6.45) is -8.04. The molecule has 0 radical (unpaired) electrons. The first-order valence-corrected chi connectivity index (χ1v) is 11.9. The lowest BCUT2D eigenvalue weighted by Gasteiger charge is -2.23. The number of aliphatic hydroxyl groups is 4. The Balaban J connectivity index is 0. The third-order valence-corrected chi connectivity index (χ3v) is 4.75. The Labute approximate surface area is 209 Å². The number of hydrogen-bond acceptors (Lipinski definition) is 13. The van der Waals surface area contributed by atoms with Crippen molar-refractivity contribution in [1.82, 2.24) is 10.6 Å². The first-order chi connectivity index (χ1) is 16.5. The van der Waals surface area contributed by atoms with Gasteiger partial charge in [0.1, 0.15) is 43.0 Å². The fourth-order valence-electron chi connectivity index (χ4n) is 1.94. The Bertz CT molecular complexity index is 782. The minimum absolute atomic E-state index is 0.0256. The summed E-state index contributed by atoms with van der Waals surface area (Å²) in [6, 6.07) is -2.15. The van der Waals surface area contributed by atoms with Gasteiger partial charge < -0.3 is 61.6 Å². The van der Waals surface area contributed by atoms with Gasteiger partial charge in [0.05, 0.1) is 6.61 Å². The molecule has 0 saturated heterocycles. The molecule has 0 rings (SSSR count). The van der Waals surface area contributed by atoms with Crippen molar-refractivity contribution >= 4 is 50.5 Å². The first-order valence-electron chi connectivity index (χ1n) is 9.72. The van der Waals surface area contributed by atoms with Gasteiger partial charge in [0.25, 0.3) is 0 Å². The molecule has 0 aliphatic heterocycles. The van der Waals surface area contributed by atoms with Crippen LogP contribution in [0.5, 0.6) is 0 Å². The number of carbonyl (C=O) groups is 5. The number of nitrogens with one attached hydrogen (secondary N) is 2. The number of aldehydes is 1. The number of carbonyl (C=O) groups excluding carboxylic acids is 3. The highest BCUT2D eigenvalue weighted by atomic mass is 32.1. The number of rotatable bonds is 16. The lowest BCUT2D eigenvalue weighted by molar-refractivity contribution is -0.139. The van der Waals surface area contributed by atoms with E-state index in [1.807, 2.05) is 0 Å². The Morgan fingerprint density at radius 2 is 1.61 bits per heavy atom. The number of thiol groups is 1. The van der Waals surface area contributed by atoms with E-state index in [1.54, 1.807) is 0 Å². The van der Waals surface area contributed by atoms with Crippen LogP contribution in [0.2, 0.25) is 0 Å². The number of carboxylic acid groups (broad SMARTS) is 2. The standard InChI is InChI=1S/C10H17N3O6S.C6H13O9P/c11-5(10(18)19)1-2-7(14)13-6(4-20)9(17)12-3-8(15)16;7-1-3(8)5(10)6(11)4(9)2-15-16(12,13)14/h5-6,20H,1-4,11H2,(H,12,17)(H,13,14)(H,15,16)(H,18,19);1,3-6,8-11H,2H2,(H2,12,13,14)/t5-,6-;3-,4+,5+,6+/m00/s1. The van der Waals surface area contributed by atoms with E-state index in [0.717, 1.165) is 0 Å². The third-order valence-electron chi connectivity index (χ3n) is 3.89. The van der Waals surface area contributed by atoms with E-state index in [1.165, 1.54) is 0 Å². The van der Waals surface area contributed by atoms with E-state index < -0.39 is 81.2 Å². The Morgan fingerprint density at radius 1 is 1.06 bits per heavy atom. The highest BCUT2D eigenvalue weighted by Gasteiger charge is 2.31. The molecule has 0 unspecified atom stereocenters. The average molecular weight is 567 g/mol. The second-order valence-electron chi connectivity index (χ2n) is 6.86. The summed E-state index contributed by atoms with van der Waals surface area (Å²) in [5.41, 5.74) is 5.23. The van der Waals surface area contributed by atoms with Gasteiger partial charge in [-0.3, -0.25) is 23.7 Å². The molecule has 0 aliphatic rings. The Morgan fingerprint density at radius 3 is 2.03 bits per heavy atom. The van der Waals surface area contributed by atoms with Crippen LogP contribution in [0.15, 0.2) is 0 Å². The number of amides is 2. The number of phosphoric acid groups is 1. The van der Waals surface area contributed by atoms with E-state index in [4.69, 9.17) is 46.2 Å². The summed E-state index contributed by atoms with van der Waals surface area (Å²) < 4.78 is 14.1. The maximum Gasteiger partial charge on any atom is 0.469 e. The molecule has 210 valence electrons. The average Bonchev–Trinajstić information content (AvgIpc) is 2.80. The van der Waals surface area contributed by atoms with E-state index >= 15 is 0 Å². The van der Waals surface area contributed by atoms with Crippen molar-refractivity contribution in [3.63, 3.8) is 0 Å². The zero-order valence-corrected chi connectivity index (χ0v) is 20.3. The molecule has 36 heavy (non-hydrogen) atoms. The molecule has 2 amide bonds. The van der Waals surface area contributed by atoms with Crippen LogP contribution in [-0.2, 0) is 33.1 Å². The van der Waals surface area contributed by atoms with Gasteiger partial charge in [0.2, 0.25) is 11.8 Å². The van der Waals surface area contributed by atoms with Crippen LogP contribution in [0.3, 0.4) is 0 Å². The molecule has 0 aliphatic carbocycles. The van der Waals surface area contributed by atoms with Gasteiger partial charge in [-0.25, -0.2) is 4.57 Å². The predicted molar refractivity (Wildman–Crippen MR) is 119 cm³/mol. The fourth-order valence-corrected chi connectivity index (χ4v) is 2.54. The molecule has 18 nitrogen and oxygen atoms in total. The normalized spacial score (nSPS) is 16.1. The summed E-state index contributed by atoms with van der Waals surface area (Å²) in [5, 5.41) is 57.4. The van der Waals surface area contributed by atoms with Crippen LogP contribution in [0.25, 0.3) is 0 Å². The lowest BCUT2D eigenvalue weighted by Crippen LogP contribution is -2.49. The van der Waals surface area contributed by atoms with Crippen LogP contribution >= 0.6 is 20.5 Å². The van der Waals surface area contributed by atoms with Gasteiger partial charge in [0.15, 0.2) is 6.29 Å². The summed E-state index contributed by atoms with van der Waals surface area (Å²) in [4.78, 5) is 70.3. The molecule has 0 aromatic rings. The number of nitrogens with two attached hydrogens (primary N) is 1. The molecule has 0 heterocycles. The summed E-state index contributed by atoms with van der Waals surface area (Å²) >= 11 is 3.87. The van der Waals surface area contributed by atoms with Gasteiger partial charge >= 0.3 is 19.8 Å². The van der Waals surface area contributed by atoms with Crippen molar-refractivity contribution in [2.75, 3.05) is 18.9 Å². The number of aliphatic carboxylic acids is 2. The number of carboxylic acids is 2. The monoisotopic (exact) mass is 567 g/mol. The van der Waals surface area contributed by atoms with Gasteiger partial charge in [-0.05, 0) is 6.42 Å². The maximum atomic E-state index is 11.5. The zero-order valence-electron chi connectivity index (χ0n) is 18.5. The van der Waals surface area contributed by atoms with E-state index in [-0.39, 0.29) is 24.9 Å². The van der Waals surface area contributed by atoms with E-state index in [2.05, 4.69) is 27.8 Å². The fraction of sp³-hybridized carbons (Fsp3) is 0.688. The van der Waals surface area contributed by atoms with Gasteiger partial charge in [-0.1, -0.05) is 0 Å². The molecule has 0 spiro atoms. The second-order valence-corrected chi connectivity index (χ2v) is 8.46. The quantitative estimate of drug-likeness (QED) is 0.0470. The molecule has 0 aromatic heterocycles. The van der Waals surface area contributed by atoms with Crippen LogP contribution in [0, 0.1) is 0 Å². The minimum Gasteiger partial charge on any atom is -0.480 e. The number of aliphatic hydroxyl groups excluding tert-OH is 4. The van der Waals surface area contributed by atoms with Gasteiger partial charge in [0, 0.05) is 12.2 Å². The molecule has 20 heteroatoms. The van der Waals surface area contributed by atoms with Crippen molar-refractivity contribution in [2.24, 2.45) is 5.73 Å². The smallest absolute Gasteiger partial charge is 0.469 e. The van der Waals surface area contributed by atoms with Crippen molar-refractivity contribution in [2.45, 2.75) is 49.3 Å². The molecule has 6 atom stereocenters. The molecular weight excluding hydrogens is 537 g/mol. The topological polar surface area (TPSA) is 324 Å². The lowest BCUT2D eigenvalue weighted by atomic mass is 10.0. The number of phosphoric ester groups is 1. The van der Waals surface area contributed by atoms with Crippen molar-refractivity contribution in [3.05, 3.63) is 0 Å². The van der Waals surface area contributed by atoms with Crippen LogP contribution in [-0.4, -0.2) is 126 Å². The minimum atomic E-state index is -4.80. The number of hydrogen-bond donors (Lipinski definition) is 12. The Kier molecular flexibility index (Phi) is 18.1. The highest BCUT2D eigenvalue weighted by molar-refractivity contribution is 7.80. The first kappa shape index (κ1) is 36.0. The second kappa shape index (κ2) is 18.1. The van der Waals surface area contributed by atoms with Crippen molar-refractivity contribution in [3.8, 4) is 0 Å². The third kappa shape index (κ3) is 17.3. The maximum absolute atomic E-state index is 11.5. The summed E-state index contributed by atoms with van der Waals surface area (Å²) in [5.74, 6) is -3.70. The van der Waals surface area contributed by atoms with Crippen LogP contribution in [0.1, 0.15) is 12.8 Å². The largest absolute Gasteiger partial charge is 0.480 e. The Hall–Kier alpha value is -2.19. The van der Waals surface area contributed by atoms with E-state index in [0.29, 0.717) is 0 Å². The SMILES string of the molecule is N[C@@H](CCC(=O)N[C@@H](CS)C(=O)NCC(=O)O)C(=O)O.O=C[C@H](O)[C@@H](O)[C@H](O)[C@H](O)COP(=O)(O)O. The zero-order chi connectivity index (χ0) is 28.6.